The Morgan fingerprint density at radius 1 is 0.912 bits per heavy atom. The summed E-state index contributed by atoms with van der Waals surface area (Å²) in [6, 6.07) is 18.4. The lowest BCUT2D eigenvalue weighted by atomic mass is 9.69. The van der Waals surface area contributed by atoms with Crippen molar-refractivity contribution < 1.29 is 18.3 Å². The molecule has 176 valence electrons. The molecule has 0 heterocycles. The first-order valence-electron chi connectivity index (χ1n) is 11.3. The van der Waals surface area contributed by atoms with E-state index in [4.69, 9.17) is 10.00 Å². The van der Waals surface area contributed by atoms with E-state index in [1.807, 2.05) is 0 Å². The molecule has 34 heavy (non-hydrogen) atoms. The molecule has 0 bridgehead atoms. The van der Waals surface area contributed by atoms with Crippen LogP contribution < -0.4 is 4.74 Å². The molecular formula is C29H29F2NO2. The Morgan fingerprint density at radius 2 is 1.41 bits per heavy atom. The Morgan fingerprint density at radius 3 is 1.85 bits per heavy atom. The van der Waals surface area contributed by atoms with E-state index < -0.39 is 23.2 Å². The van der Waals surface area contributed by atoms with Gasteiger partial charge in [0, 0.05) is 12.1 Å². The standard InChI is InChI=1S/C29H29F2NO2/c1-6-29(5,18-28(2,3)4)22-13-11-20(12-14-22)19-7-9-21(10-8-19)27(33)34-23-15-25(30)24(17-32)26(31)16-23/h7-16H,6,18H2,1-5H3. The Bertz CT molecular complexity index is 1200. The van der Waals surface area contributed by atoms with Gasteiger partial charge in [0.2, 0.25) is 0 Å². The van der Waals surface area contributed by atoms with Crippen molar-refractivity contribution in [3.05, 3.63) is 89.0 Å². The van der Waals surface area contributed by atoms with Gasteiger partial charge in [-0.25, -0.2) is 13.6 Å². The lowest BCUT2D eigenvalue weighted by molar-refractivity contribution is 0.0734. The van der Waals surface area contributed by atoms with Crippen molar-refractivity contribution in [3.8, 4) is 22.9 Å². The summed E-state index contributed by atoms with van der Waals surface area (Å²) in [7, 11) is 0. The zero-order chi connectivity index (χ0) is 25.1. The van der Waals surface area contributed by atoms with E-state index in [-0.39, 0.29) is 22.1 Å². The molecule has 0 saturated carbocycles. The number of esters is 1. The van der Waals surface area contributed by atoms with E-state index in [0.29, 0.717) is 0 Å². The van der Waals surface area contributed by atoms with E-state index in [1.165, 1.54) is 11.6 Å². The molecule has 1 atom stereocenters. The van der Waals surface area contributed by atoms with Crippen molar-refractivity contribution in [1.82, 2.24) is 0 Å². The van der Waals surface area contributed by atoms with Crippen molar-refractivity contribution >= 4 is 5.97 Å². The summed E-state index contributed by atoms with van der Waals surface area (Å²) in [6.07, 6.45) is 2.13. The molecule has 0 radical (unpaired) electrons. The van der Waals surface area contributed by atoms with Gasteiger partial charge in [0.25, 0.3) is 0 Å². The summed E-state index contributed by atoms with van der Waals surface area (Å²) >= 11 is 0. The van der Waals surface area contributed by atoms with Crippen LogP contribution in [-0.4, -0.2) is 5.97 Å². The summed E-state index contributed by atoms with van der Waals surface area (Å²) < 4.78 is 32.6. The summed E-state index contributed by atoms with van der Waals surface area (Å²) in [4.78, 5) is 12.4. The fourth-order valence-electron chi connectivity index (χ4n) is 4.35. The highest BCUT2D eigenvalue weighted by Gasteiger charge is 2.30. The first kappa shape index (κ1) is 25.1. The van der Waals surface area contributed by atoms with Crippen LogP contribution in [0.3, 0.4) is 0 Å². The highest BCUT2D eigenvalue weighted by Crippen LogP contribution is 2.39. The third-order valence-corrected chi connectivity index (χ3v) is 6.07. The summed E-state index contributed by atoms with van der Waals surface area (Å²) in [5, 5.41) is 8.74. The third kappa shape index (κ3) is 5.69. The average molecular weight is 462 g/mol. The lowest BCUT2D eigenvalue weighted by Gasteiger charge is -2.35. The van der Waals surface area contributed by atoms with Gasteiger partial charge in [0.1, 0.15) is 29.0 Å². The van der Waals surface area contributed by atoms with Crippen LogP contribution in [0.4, 0.5) is 8.78 Å². The fraction of sp³-hybridized carbons (Fsp3) is 0.310. The summed E-state index contributed by atoms with van der Waals surface area (Å²) in [6.45, 7) is 11.3. The van der Waals surface area contributed by atoms with Gasteiger partial charge in [0.05, 0.1) is 5.56 Å². The van der Waals surface area contributed by atoms with Gasteiger partial charge >= 0.3 is 5.97 Å². The van der Waals surface area contributed by atoms with E-state index in [2.05, 4.69) is 58.9 Å². The minimum Gasteiger partial charge on any atom is -0.423 e. The number of halogens is 2. The molecule has 1 unspecified atom stereocenters. The van der Waals surface area contributed by atoms with Crippen LogP contribution in [0.25, 0.3) is 11.1 Å². The first-order chi connectivity index (χ1) is 16.0. The number of hydrogen-bond donors (Lipinski definition) is 0. The normalized spacial score (nSPS) is 13.1. The van der Waals surface area contributed by atoms with Crippen LogP contribution in [0.2, 0.25) is 0 Å². The molecule has 3 nitrogen and oxygen atoms in total. The summed E-state index contributed by atoms with van der Waals surface area (Å²) in [5.41, 5.74) is 3.11. The molecule has 0 amide bonds. The quantitative estimate of drug-likeness (QED) is 0.278. The molecule has 0 saturated heterocycles. The molecule has 3 rings (SSSR count). The largest absolute Gasteiger partial charge is 0.423 e. The number of nitriles is 1. The fourth-order valence-corrected chi connectivity index (χ4v) is 4.35. The average Bonchev–Trinajstić information content (AvgIpc) is 2.78. The second-order valence-corrected chi connectivity index (χ2v) is 10.1. The van der Waals surface area contributed by atoms with Crippen molar-refractivity contribution in [3.63, 3.8) is 0 Å². The van der Waals surface area contributed by atoms with E-state index in [9.17, 15) is 13.6 Å². The van der Waals surface area contributed by atoms with Crippen LogP contribution in [0.15, 0.2) is 60.7 Å². The Balaban J connectivity index is 1.75. The number of carbonyl (C=O) groups excluding carboxylic acids is 1. The number of nitrogens with zero attached hydrogens (tertiary/aromatic N) is 1. The van der Waals surface area contributed by atoms with Crippen molar-refractivity contribution in [2.24, 2.45) is 5.41 Å². The predicted molar refractivity (Wildman–Crippen MR) is 130 cm³/mol. The Kier molecular flexibility index (Phi) is 7.21. The van der Waals surface area contributed by atoms with Crippen molar-refractivity contribution in [2.45, 2.75) is 52.9 Å². The molecule has 0 aromatic heterocycles. The molecular weight excluding hydrogens is 432 g/mol. The predicted octanol–water partition coefficient (Wildman–Crippen LogP) is 7.83. The molecule has 0 aliphatic carbocycles. The first-order valence-corrected chi connectivity index (χ1v) is 11.3. The molecule has 0 fully saturated rings. The maximum atomic E-state index is 13.8. The van der Waals surface area contributed by atoms with Crippen LogP contribution in [0, 0.1) is 28.4 Å². The lowest BCUT2D eigenvalue weighted by Crippen LogP contribution is -2.27. The third-order valence-electron chi connectivity index (χ3n) is 6.07. The molecule has 3 aromatic rings. The highest BCUT2D eigenvalue weighted by atomic mass is 19.1. The smallest absolute Gasteiger partial charge is 0.343 e. The van der Waals surface area contributed by atoms with Gasteiger partial charge in [-0.2, -0.15) is 5.26 Å². The van der Waals surface area contributed by atoms with Crippen LogP contribution >= 0.6 is 0 Å². The van der Waals surface area contributed by atoms with E-state index in [1.54, 1.807) is 24.3 Å². The second kappa shape index (κ2) is 9.77. The van der Waals surface area contributed by atoms with E-state index in [0.717, 1.165) is 36.1 Å². The van der Waals surface area contributed by atoms with Gasteiger partial charge in [0.15, 0.2) is 0 Å². The monoisotopic (exact) mass is 461 g/mol. The van der Waals surface area contributed by atoms with Gasteiger partial charge in [-0.1, -0.05) is 71.0 Å². The van der Waals surface area contributed by atoms with Crippen LogP contribution in [0.1, 0.15) is 68.9 Å². The zero-order valence-electron chi connectivity index (χ0n) is 20.2. The Labute approximate surface area is 200 Å². The van der Waals surface area contributed by atoms with Gasteiger partial charge in [-0.15, -0.1) is 0 Å². The molecule has 0 N–H and O–H groups in total. The Hall–Kier alpha value is -3.52. The SMILES string of the molecule is CCC(C)(CC(C)(C)C)c1ccc(-c2ccc(C(=O)Oc3cc(F)c(C#N)c(F)c3)cc2)cc1. The highest BCUT2D eigenvalue weighted by molar-refractivity contribution is 5.91. The van der Waals surface area contributed by atoms with Crippen LogP contribution in [-0.2, 0) is 5.41 Å². The number of benzene rings is 3. The maximum absolute atomic E-state index is 13.8. The summed E-state index contributed by atoms with van der Waals surface area (Å²) in [5.74, 6) is -3.20. The number of carbonyl (C=O) groups is 1. The minimum absolute atomic E-state index is 0.0920. The zero-order valence-corrected chi connectivity index (χ0v) is 20.2. The van der Waals surface area contributed by atoms with E-state index >= 15 is 0 Å². The van der Waals surface area contributed by atoms with Gasteiger partial charge in [-0.05, 0) is 52.5 Å². The van der Waals surface area contributed by atoms with Crippen molar-refractivity contribution in [1.29, 1.82) is 5.26 Å². The number of hydrogen-bond acceptors (Lipinski definition) is 3. The van der Waals surface area contributed by atoms with Gasteiger partial charge in [-0.3, -0.25) is 0 Å². The van der Waals surface area contributed by atoms with Gasteiger partial charge < -0.3 is 4.74 Å². The number of rotatable bonds is 6. The van der Waals surface area contributed by atoms with Crippen LogP contribution in [0.5, 0.6) is 5.75 Å². The second-order valence-electron chi connectivity index (χ2n) is 10.1. The molecule has 5 heteroatoms. The maximum Gasteiger partial charge on any atom is 0.343 e. The molecule has 0 aliphatic heterocycles. The van der Waals surface area contributed by atoms with Crippen molar-refractivity contribution in [2.75, 3.05) is 0 Å². The molecule has 0 spiro atoms. The molecule has 3 aromatic carbocycles. The minimum atomic E-state index is -1.08. The topological polar surface area (TPSA) is 50.1 Å². The number of ether oxygens (including phenoxy) is 1. The molecule has 0 aliphatic rings.